The molecule has 1 heterocycles. The fraction of sp³-hybridized carbons (Fsp3) is 0.905. The van der Waals surface area contributed by atoms with E-state index in [0.717, 1.165) is 12.8 Å². The second-order valence-corrected chi connectivity index (χ2v) is 7.38. The Morgan fingerprint density at radius 2 is 1.58 bits per heavy atom. The third-order valence-corrected chi connectivity index (χ3v) is 4.91. The molecule has 1 rings (SSSR count). The van der Waals surface area contributed by atoms with Gasteiger partial charge < -0.3 is 24.8 Å². The van der Waals surface area contributed by atoms with Gasteiger partial charge in [-0.1, -0.05) is 57.6 Å². The lowest BCUT2D eigenvalue weighted by molar-refractivity contribution is -0.0813. The van der Waals surface area contributed by atoms with Crippen molar-refractivity contribution in [3.63, 3.8) is 0 Å². The van der Waals surface area contributed by atoms with Crippen molar-refractivity contribution >= 4 is 0 Å². The van der Waals surface area contributed by atoms with E-state index in [9.17, 15) is 15.3 Å². The van der Waals surface area contributed by atoms with Gasteiger partial charge in [-0.05, 0) is 32.1 Å². The Kier molecular flexibility index (Phi) is 14.1. The summed E-state index contributed by atoms with van der Waals surface area (Å²) in [5, 5.41) is 29.0. The molecule has 26 heavy (non-hydrogen) atoms. The van der Waals surface area contributed by atoms with Gasteiger partial charge in [0, 0.05) is 6.61 Å². The number of allylic oxidation sites excluding steroid dienone is 2. The fourth-order valence-electron chi connectivity index (χ4n) is 3.18. The van der Waals surface area contributed by atoms with Gasteiger partial charge in [0.15, 0.2) is 0 Å². The maximum atomic E-state index is 9.91. The molecule has 0 unspecified atom stereocenters. The molecule has 1 aliphatic rings. The van der Waals surface area contributed by atoms with Gasteiger partial charge in [-0.3, -0.25) is 0 Å². The number of unbranched alkanes of at least 4 members (excludes halogenated alkanes) is 9. The Balaban J connectivity index is 1.83. The van der Waals surface area contributed by atoms with E-state index in [1.807, 2.05) is 0 Å². The van der Waals surface area contributed by atoms with Gasteiger partial charge >= 0.3 is 0 Å². The zero-order valence-electron chi connectivity index (χ0n) is 16.5. The number of ether oxygens (including phenoxy) is 2. The van der Waals surface area contributed by atoms with Crippen molar-refractivity contribution in [2.75, 3.05) is 19.8 Å². The largest absolute Gasteiger partial charge is 0.388 e. The first-order valence-electron chi connectivity index (χ1n) is 10.5. The molecule has 154 valence electrons. The minimum atomic E-state index is -1.03. The highest BCUT2D eigenvalue weighted by Crippen LogP contribution is 2.18. The van der Waals surface area contributed by atoms with E-state index < -0.39 is 24.4 Å². The zero-order chi connectivity index (χ0) is 19.0. The van der Waals surface area contributed by atoms with Gasteiger partial charge in [-0.15, -0.1) is 0 Å². The van der Waals surface area contributed by atoms with Gasteiger partial charge in [0.25, 0.3) is 0 Å². The van der Waals surface area contributed by atoms with Gasteiger partial charge in [-0.2, -0.15) is 0 Å². The molecule has 4 atom stereocenters. The molecule has 0 radical (unpaired) electrons. The quantitative estimate of drug-likeness (QED) is 0.286. The monoisotopic (exact) mass is 372 g/mol. The standard InChI is InChI=1S/C21H40O5/c1-2-3-4-5-6-7-8-9-10-11-12-13-14-15-25-16-19(23)21-20(24)18(22)17-26-21/h7-8,18-24H,2-6,9-17H2,1H3/b8-7+/t18-,19+,20-,21-/m1/s1. The van der Waals surface area contributed by atoms with Crippen LogP contribution in [0, 0.1) is 0 Å². The van der Waals surface area contributed by atoms with Crippen LogP contribution >= 0.6 is 0 Å². The van der Waals surface area contributed by atoms with Crippen LogP contribution in [0.15, 0.2) is 12.2 Å². The number of aliphatic hydroxyl groups is 3. The first-order chi connectivity index (χ1) is 12.7. The highest BCUT2D eigenvalue weighted by Gasteiger charge is 2.39. The SMILES string of the molecule is CCCCCC/C=C/CCCCCCCOC[C@H](O)[C@H]1OC[C@@H](O)[C@H]1O. The number of hydrogen-bond acceptors (Lipinski definition) is 5. The molecule has 0 aromatic heterocycles. The Labute approximate surface area is 159 Å². The van der Waals surface area contributed by atoms with E-state index in [4.69, 9.17) is 9.47 Å². The molecule has 0 saturated carbocycles. The van der Waals surface area contributed by atoms with E-state index in [1.54, 1.807) is 0 Å². The average molecular weight is 373 g/mol. The fourth-order valence-corrected chi connectivity index (χ4v) is 3.18. The summed E-state index contributed by atoms with van der Waals surface area (Å²) in [6.45, 7) is 3.06. The van der Waals surface area contributed by atoms with E-state index >= 15 is 0 Å². The molecule has 0 spiro atoms. The molecule has 5 nitrogen and oxygen atoms in total. The summed E-state index contributed by atoms with van der Waals surface area (Å²) in [6, 6.07) is 0. The molecule has 1 saturated heterocycles. The number of rotatable bonds is 16. The lowest BCUT2D eigenvalue weighted by Crippen LogP contribution is -2.40. The maximum Gasteiger partial charge on any atom is 0.114 e. The Morgan fingerprint density at radius 1 is 0.962 bits per heavy atom. The second kappa shape index (κ2) is 15.6. The maximum absolute atomic E-state index is 9.91. The first-order valence-corrected chi connectivity index (χ1v) is 10.5. The minimum absolute atomic E-state index is 0.0664. The minimum Gasteiger partial charge on any atom is -0.388 e. The van der Waals surface area contributed by atoms with Crippen LogP contribution in [0.3, 0.4) is 0 Å². The van der Waals surface area contributed by atoms with Crippen molar-refractivity contribution in [1.82, 2.24) is 0 Å². The smallest absolute Gasteiger partial charge is 0.114 e. The highest BCUT2D eigenvalue weighted by atomic mass is 16.5. The van der Waals surface area contributed by atoms with Crippen LogP contribution in [0.4, 0.5) is 0 Å². The van der Waals surface area contributed by atoms with Crippen LogP contribution in [0.1, 0.15) is 77.6 Å². The van der Waals surface area contributed by atoms with Crippen LogP contribution in [0.2, 0.25) is 0 Å². The summed E-state index contributed by atoms with van der Waals surface area (Å²) in [5.41, 5.74) is 0. The molecular weight excluding hydrogens is 332 g/mol. The third-order valence-electron chi connectivity index (χ3n) is 4.91. The summed E-state index contributed by atoms with van der Waals surface area (Å²) in [6.07, 6.45) is 14.7. The molecule has 0 amide bonds. The van der Waals surface area contributed by atoms with E-state index in [1.165, 1.54) is 57.8 Å². The van der Waals surface area contributed by atoms with Crippen LogP contribution < -0.4 is 0 Å². The van der Waals surface area contributed by atoms with Crippen molar-refractivity contribution in [3.05, 3.63) is 12.2 Å². The summed E-state index contributed by atoms with van der Waals surface area (Å²) in [7, 11) is 0. The first kappa shape index (κ1) is 23.6. The topological polar surface area (TPSA) is 79.2 Å². The summed E-state index contributed by atoms with van der Waals surface area (Å²) in [4.78, 5) is 0. The highest BCUT2D eigenvalue weighted by molar-refractivity contribution is 4.87. The van der Waals surface area contributed by atoms with Gasteiger partial charge in [0.05, 0.1) is 13.2 Å². The van der Waals surface area contributed by atoms with Crippen LogP contribution in [-0.2, 0) is 9.47 Å². The van der Waals surface area contributed by atoms with Crippen LogP contribution in [0.25, 0.3) is 0 Å². The molecule has 1 aliphatic heterocycles. The summed E-state index contributed by atoms with van der Waals surface area (Å²) >= 11 is 0. The van der Waals surface area contributed by atoms with Crippen molar-refractivity contribution in [2.45, 2.75) is 102 Å². The molecule has 1 fully saturated rings. The van der Waals surface area contributed by atoms with E-state index in [2.05, 4.69) is 19.1 Å². The lowest BCUT2D eigenvalue weighted by atomic mass is 10.1. The van der Waals surface area contributed by atoms with E-state index in [0.29, 0.717) is 6.61 Å². The van der Waals surface area contributed by atoms with Gasteiger partial charge in [0.1, 0.15) is 24.4 Å². The average Bonchev–Trinajstić information content (AvgIpc) is 2.97. The van der Waals surface area contributed by atoms with Gasteiger partial charge in [0.2, 0.25) is 0 Å². The predicted molar refractivity (Wildman–Crippen MR) is 104 cm³/mol. The Bertz CT molecular complexity index is 347. The molecule has 0 aromatic carbocycles. The molecule has 0 aliphatic carbocycles. The lowest BCUT2D eigenvalue weighted by Gasteiger charge is -2.20. The Morgan fingerprint density at radius 3 is 2.19 bits per heavy atom. The predicted octanol–water partition coefficient (Wildman–Crippen LogP) is 3.35. The molecule has 0 aromatic rings. The molecule has 3 N–H and O–H groups in total. The molecule has 5 heteroatoms. The summed E-state index contributed by atoms with van der Waals surface area (Å²) in [5.74, 6) is 0. The van der Waals surface area contributed by atoms with Crippen molar-refractivity contribution < 1.29 is 24.8 Å². The van der Waals surface area contributed by atoms with Crippen LogP contribution in [-0.4, -0.2) is 59.6 Å². The number of hydrogen-bond donors (Lipinski definition) is 3. The van der Waals surface area contributed by atoms with Crippen molar-refractivity contribution in [1.29, 1.82) is 0 Å². The van der Waals surface area contributed by atoms with E-state index in [-0.39, 0.29) is 13.2 Å². The summed E-state index contributed by atoms with van der Waals surface area (Å²) < 4.78 is 10.6. The normalized spacial score (nSPS) is 24.5. The number of aliphatic hydroxyl groups excluding tert-OH is 3. The van der Waals surface area contributed by atoms with Crippen molar-refractivity contribution in [3.8, 4) is 0 Å². The third kappa shape index (κ3) is 10.6. The molecule has 0 bridgehead atoms. The zero-order valence-corrected chi connectivity index (χ0v) is 16.5. The second-order valence-electron chi connectivity index (χ2n) is 7.38. The van der Waals surface area contributed by atoms with Crippen LogP contribution in [0.5, 0.6) is 0 Å². The van der Waals surface area contributed by atoms with Gasteiger partial charge in [-0.25, -0.2) is 0 Å². The molecular formula is C21H40O5. The Hall–Kier alpha value is -0.460. The van der Waals surface area contributed by atoms with Crippen molar-refractivity contribution in [2.24, 2.45) is 0 Å².